The van der Waals surface area contributed by atoms with Gasteiger partial charge in [-0.05, 0) is 73.8 Å². The number of nitrogens with one attached hydrogen (secondary N) is 1. The molecule has 6 heteroatoms. The lowest BCUT2D eigenvalue weighted by molar-refractivity contribution is 0.0988. The molecule has 2 aliphatic rings. The summed E-state index contributed by atoms with van der Waals surface area (Å²) in [6.07, 6.45) is 6.42. The summed E-state index contributed by atoms with van der Waals surface area (Å²) in [6.45, 7) is 8.23. The van der Waals surface area contributed by atoms with E-state index in [0.717, 1.165) is 30.1 Å². The molecule has 1 amide bonds. The third-order valence-electron chi connectivity index (χ3n) is 5.89. The van der Waals surface area contributed by atoms with E-state index in [-0.39, 0.29) is 17.6 Å². The number of nitrogens with zero attached hydrogens (tertiary/aromatic N) is 1. The van der Waals surface area contributed by atoms with Gasteiger partial charge in [-0.3, -0.25) is 4.79 Å². The number of rotatable bonds is 6. The van der Waals surface area contributed by atoms with Crippen LogP contribution in [0.2, 0.25) is 0 Å². The van der Waals surface area contributed by atoms with Gasteiger partial charge in [0.2, 0.25) is 0 Å². The second-order valence-electron chi connectivity index (χ2n) is 8.79. The van der Waals surface area contributed by atoms with E-state index in [9.17, 15) is 9.18 Å². The molecule has 1 heterocycles. The standard InChI is InChI=1S/C18H16Cl2FNO.C5H13N.C4H8/c1-2-11-10-22(16-7-6-14(21)9-15(11)16)18(23)13-5-3-4-12(8-13)17(19)20;1-3-4-5-6-2;1-4-2-3-4/h3-9,11,17H,2,10H2,1H3;6H,3-5H2,1-2H3;4H,2-3H2,1H3. The fourth-order valence-electron chi connectivity index (χ4n) is 3.54. The Bertz CT molecular complexity index is 882. The highest BCUT2D eigenvalue weighted by Gasteiger charge is 2.32. The minimum atomic E-state index is -0.675. The van der Waals surface area contributed by atoms with Crippen molar-refractivity contribution in [3.05, 3.63) is 65.0 Å². The number of amides is 1. The summed E-state index contributed by atoms with van der Waals surface area (Å²) in [5.41, 5.74) is 2.89. The SMILES string of the molecule is CC1CC1.CCC1CN(C(=O)c2cccc(C(Cl)Cl)c2)c2ccc(F)cc21.CCCCNC. The molecule has 0 saturated heterocycles. The van der Waals surface area contributed by atoms with E-state index in [1.54, 1.807) is 35.2 Å². The van der Waals surface area contributed by atoms with E-state index in [1.165, 1.54) is 37.8 Å². The molecule has 0 aromatic heterocycles. The maximum atomic E-state index is 13.5. The zero-order valence-corrected chi connectivity index (χ0v) is 21.7. The summed E-state index contributed by atoms with van der Waals surface area (Å²) in [7, 11) is 1.98. The number of carbonyl (C=O) groups excluding carboxylic acids is 1. The minimum absolute atomic E-state index is 0.121. The summed E-state index contributed by atoms with van der Waals surface area (Å²) < 4.78 is 13.5. The number of benzene rings is 2. The van der Waals surface area contributed by atoms with E-state index >= 15 is 0 Å². The molecule has 182 valence electrons. The predicted octanol–water partition coefficient (Wildman–Crippen LogP) is 7.88. The molecule has 1 aliphatic heterocycles. The summed E-state index contributed by atoms with van der Waals surface area (Å²) in [5.74, 6) is 0.844. The first-order valence-corrected chi connectivity index (χ1v) is 12.8. The van der Waals surface area contributed by atoms with Crippen LogP contribution in [-0.4, -0.2) is 26.0 Å². The van der Waals surface area contributed by atoms with E-state index in [0.29, 0.717) is 17.7 Å². The normalized spacial score (nSPS) is 16.5. The number of hydrogen-bond donors (Lipinski definition) is 1. The molecule has 0 spiro atoms. The quantitative estimate of drug-likeness (QED) is 0.327. The average Bonchev–Trinajstić information content (AvgIpc) is 3.52. The molecule has 0 bridgehead atoms. The Kier molecular flexibility index (Phi) is 11.7. The molecule has 1 aliphatic carbocycles. The van der Waals surface area contributed by atoms with Crippen LogP contribution < -0.4 is 10.2 Å². The zero-order chi connectivity index (χ0) is 24.4. The lowest BCUT2D eigenvalue weighted by Crippen LogP contribution is -2.29. The van der Waals surface area contributed by atoms with E-state index in [2.05, 4.69) is 19.2 Å². The van der Waals surface area contributed by atoms with Crippen LogP contribution in [0.5, 0.6) is 0 Å². The Hall–Kier alpha value is -1.62. The molecule has 1 saturated carbocycles. The lowest BCUT2D eigenvalue weighted by Gasteiger charge is -2.18. The third-order valence-corrected chi connectivity index (χ3v) is 6.40. The highest BCUT2D eigenvalue weighted by atomic mass is 35.5. The summed E-state index contributed by atoms with van der Waals surface area (Å²) in [6, 6.07) is 11.6. The Morgan fingerprint density at radius 3 is 2.39 bits per heavy atom. The Morgan fingerprint density at radius 2 is 1.88 bits per heavy atom. The van der Waals surface area contributed by atoms with Crippen LogP contribution in [0, 0.1) is 11.7 Å². The Labute approximate surface area is 208 Å². The van der Waals surface area contributed by atoms with Crippen molar-refractivity contribution >= 4 is 34.8 Å². The number of halogens is 3. The Morgan fingerprint density at radius 1 is 1.18 bits per heavy atom. The van der Waals surface area contributed by atoms with Gasteiger partial charge in [0, 0.05) is 23.7 Å². The van der Waals surface area contributed by atoms with E-state index in [1.807, 2.05) is 14.0 Å². The van der Waals surface area contributed by atoms with Gasteiger partial charge < -0.3 is 10.2 Å². The molecule has 0 radical (unpaired) electrons. The molecule has 1 N–H and O–H groups in total. The summed E-state index contributed by atoms with van der Waals surface area (Å²) in [5, 5.41) is 3.07. The first kappa shape index (κ1) is 27.6. The largest absolute Gasteiger partial charge is 0.320 e. The number of carbonyl (C=O) groups is 1. The first-order chi connectivity index (χ1) is 15.8. The van der Waals surface area contributed by atoms with Crippen molar-refractivity contribution in [3.63, 3.8) is 0 Å². The second kappa shape index (κ2) is 13.9. The van der Waals surface area contributed by atoms with Gasteiger partial charge in [0.25, 0.3) is 5.91 Å². The van der Waals surface area contributed by atoms with Gasteiger partial charge in [-0.15, -0.1) is 23.2 Å². The van der Waals surface area contributed by atoms with Crippen LogP contribution >= 0.6 is 23.2 Å². The van der Waals surface area contributed by atoms with Crippen LogP contribution in [0.25, 0.3) is 0 Å². The highest BCUT2D eigenvalue weighted by molar-refractivity contribution is 6.44. The molecular formula is C27H37Cl2FN2O. The van der Waals surface area contributed by atoms with Crippen LogP contribution in [-0.2, 0) is 0 Å². The third kappa shape index (κ3) is 8.59. The minimum Gasteiger partial charge on any atom is -0.320 e. The van der Waals surface area contributed by atoms with Gasteiger partial charge in [0.1, 0.15) is 10.7 Å². The van der Waals surface area contributed by atoms with Crippen molar-refractivity contribution in [2.75, 3.05) is 25.0 Å². The summed E-state index contributed by atoms with van der Waals surface area (Å²) in [4.78, 5) is 13.9. The van der Waals surface area contributed by atoms with Crippen molar-refractivity contribution in [2.24, 2.45) is 5.92 Å². The van der Waals surface area contributed by atoms with Crippen LogP contribution in [0.15, 0.2) is 42.5 Å². The molecule has 4 rings (SSSR count). The summed E-state index contributed by atoms with van der Waals surface area (Å²) >= 11 is 11.8. The van der Waals surface area contributed by atoms with Gasteiger partial charge in [0.15, 0.2) is 0 Å². The van der Waals surface area contributed by atoms with Crippen molar-refractivity contribution in [3.8, 4) is 0 Å². The van der Waals surface area contributed by atoms with Gasteiger partial charge in [-0.25, -0.2) is 4.39 Å². The molecular weight excluding hydrogens is 458 g/mol. The average molecular weight is 496 g/mol. The van der Waals surface area contributed by atoms with Crippen molar-refractivity contribution in [1.82, 2.24) is 5.32 Å². The monoisotopic (exact) mass is 494 g/mol. The van der Waals surface area contributed by atoms with Crippen LogP contribution in [0.4, 0.5) is 10.1 Å². The second-order valence-corrected chi connectivity index (χ2v) is 9.89. The van der Waals surface area contributed by atoms with Gasteiger partial charge >= 0.3 is 0 Å². The fraction of sp³-hybridized carbons (Fsp3) is 0.519. The molecule has 2 aromatic carbocycles. The zero-order valence-electron chi connectivity index (χ0n) is 20.2. The number of alkyl halides is 2. The van der Waals surface area contributed by atoms with Gasteiger partial charge in [0.05, 0.1) is 0 Å². The van der Waals surface area contributed by atoms with Crippen LogP contribution in [0.1, 0.15) is 85.1 Å². The van der Waals surface area contributed by atoms with Crippen molar-refractivity contribution in [1.29, 1.82) is 0 Å². The molecule has 3 nitrogen and oxygen atoms in total. The number of unbranched alkanes of at least 4 members (excludes halogenated alkanes) is 1. The fourth-order valence-corrected chi connectivity index (χ4v) is 3.81. The maximum Gasteiger partial charge on any atom is 0.258 e. The number of hydrogen-bond acceptors (Lipinski definition) is 2. The number of anilines is 1. The van der Waals surface area contributed by atoms with Crippen molar-refractivity contribution in [2.45, 2.75) is 63.6 Å². The number of fused-ring (bicyclic) bond motifs is 1. The van der Waals surface area contributed by atoms with E-state index in [4.69, 9.17) is 23.2 Å². The molecule has 1 fully saturated rings. The molecule has 1 unspecified atom stereocenters. The van der Waals surface area contributed by atoms with E-state index < -0.39 is 4.84 Å². The lowest BCUT2D eigenvalue weighted by atomic mass is 9.99. The van der Waals surface area contributed by atoms with Crippen molar-refractivity contribution < 1.29 is 9.18 Å². The topological polar surface area (TPSA) is 32.3 Å². The molecule has 2 aromatic rings. The highest BCUT2D eigenvalue weighted by Crippen LogP contribution is 2.39. The predicted molar refractivity (Wildman–Crippen MR) is 139 cm³/mol. The molecule has 1 atom stereocenters. The van der Waals surface area contributed by atoms with Gasteiger partial charge in [-0.1, -0.05) is 52.2 Å². The van der Waals surface area contributed by atoms with Gasteiger partial charge in [-0.2, -0.15) is 0 Å². The smallest absolute Gasteiger partial charge is 0.258 e. The first-order valence-electron chi connectivity index (χ1n) is 12.0. The maximum absolute atomic E-state index is 13.5. The Balaban J connectivity index is 0.000000320. The molecule has 33 heavy (non-hydrogen) atoms. The van der Waals surface area contributed by atoms with Crippen LogP contribution in [0.3, 0.4) is 0 Å².